The van der Waals surface area contributed by atoms with Crippen molar-refractivity contribution in [2.75, 3.05) is 36.3 Å². The van der Waals surface area contributed by atoms with E-state index in [4.69, 9.17) is 4.74 Å². The number of sulfone groups is 2. The SMILES string of the molecule is CCOc1ccc(CN(CCS(C)(=O)=O)c2ccc(S(C)(=O)=O)c(F)c2)cc1. The molecule has 0 saturated carbocycles. The summed E-state index contributed by atoms with van der Waals surface area (Å²) in [7, 11) is -6.91. The highest BCUT2D eigenvalue weighted by Gasteiger charge is 2.17. The minimum Gasteiger partial charge on any atom is -0.494 e. The number of anilines is 1. The monoisotopic (exact) mass is 429 g/mol. The van der Waals surface area contributed by atoms with E-state index in [1.165, 1.54) is 12.1 Å². The van der Waals surface area contributed by atoms with E-state index >= 15 is 0 Å². The molecule has 0 unspecified atom stereocenters. The predicted molar refractivity (Wildman–Crippen MR) is 108 cm³/mol. The Balaban J connectivity index is 2.32. The van der Waals surface area contributed by atoms with Crippen LogP contribution in [-0.4, -0.2) is 48.3 Å². The molecule has 9 heteroatoms. The summed E-state index contributed by atoms with van der Waals surface area (Å²) in [4.78, 5) is 1.31. The van der Waals surface area contributed by atoms with Crippen LogP contribution in [0.3, 0.4) is 0 Å². The first-order valence-corrected chi connectivity index (χ1v) is 12.6. The average Bonchev–Trinajstić information content (AvgIpc) is 2.58. The highest BCUT2D eigenvalue weighted by atomic mass is 32.2. The Morgan fingerprint density at radius 3 is 2.14 bits per heavy atom. The van der Waals surface area contributed by atoms with Gasteiger partial charge in [-0.1, -0.05) is 12.1 Å². The summed E-state index contributed by atoms with van der Waals surface area (Å²) >= 11 is 0. The van der Waals surface area contributed by atoms with Crippen LogP contribution in [0.25, 0.3) is 0 Å². The summed E-state index contributed by atoms with van der Waals surface area (Å²) in [6.45, 7) is 2.91. The topological polar surface area (TPSA) is 80.8 Å². The van der Waals surface area contributed by atoms with Gasteiger partial charge in [-0.3, -0.25) is 0 Å². The minimum atomic E-state index is -3.68. The Labute approximate surface area is 165 Å². The smallest absolute Gasteiger partial charge is 0.178 e. The third-order valence-corrected chi connectivity index (χ3v) is 6.07. The molecule has 0 aliphatic rings. The van der Waals surface area contributed by atoms with E-state index in [0.717, 1.165) is 29.9 Å². The highest BCUT2D eigenvalue weighted by Crippen LogP contribution is 2.24. The highest BCUT2D eigenvalue weighted by molar-refractivity contribution is 7.91. The molecule has 0 bridgehead atoms. The second-order valence-electron chi connectivity index (χ2n) is 6.52. The number of hydrogen-bond donors (Lipinski definition) is 0. The number of ether oxygens (including phenoxy) is 1. The lowest BCUT2D eigenvalue weighted by Crippen LogP contribution is -2.29. The molecule has 0 aliphatic carbocycles. The fraction of sp³-hybridized carbons (Fsp3) is 0.368. The van der Waals surface area contributed by atoms with Gasteiger partial charge in [0.2, 0.25) is 0 Å². The third-order valence-electron chi connectivity index (χ3n) is 4.02. The average molecular weight is 430 g/mol. The summed E-state index contributed by atoms with van der Waals surface area (Å²) < 4.78 is 66.2. The lowest BCUT2D eigenvalue weighted by molar-refractivity contribution is 0.340. The molecule has 0 aromatic heterocycles. The second kappa shape index (κ2) is 8.91. The van der Waals surface area contributed by atoms with E-state index in [1.54, 1.807) is 17.0 Å². The minimum absolute atomic E-state index is 0.112. The van der Waals surface area contributed by atoms with E-state index in [0.29, 0.717) is 18.8 Å². The van der Waals surface area contributed by atoms with Crippen molar-refractivity contribution in [3.63, 3.8) is 0 Å². The molecule has 0 saturated heterocycles. The lowest BCUT2D eigenvalue weighted by Gasteiger charge is -2.25. The van der Waals surface area contributed by atoms with Gasteiger partial charge in [0.15, 0.2) is 9.84 Å². The van der Waals surface area contributed by atoms with E-state index in [-0.39, 0.29) is 17.2 Å². The van der Waals surface area contributed by atoms with Crippen molar-refractivity contribution in [1.29, 1.82) is 0 Å². The van der Waals surface area contributed by atoms with Crippen LogP contribution in [0.1, 0.15) is 12.5 Å². The van der Waals surface area contributed by atoms with Crippen molar-refractivity contribution < 1.29 is 26.0 Å². The van der Waals surface area contributed by atoms with Crippen molar-refractivity contribution in [2.24, 2.45) is 0 Å². The summed E-state index contributed by atoms with van der Waals surface area (Å²) in [5, 5.41) is 0. The Kier molecular flexibility index (Phi) is 7.06. The number of rotatable bonds is 9. The van der Waals surface area contributed by atoms with Crippen LogP contribution in [0, 0.1) is 5.82 Å². The quantitative estimate of drug-likeness (QED) is 0.610. The Morgan fingerprint density at radius 1 is 1.00 bits per heavy atom. The zero-order chi connectivity index (χ0) is 20.9. The van der Waals surface area contributed by atoms with Gasteiger partial charge in [-0.2, -0.15) is 0 Å². The maximum atomic E-state index is 14.3. The first-order valence-electron chi connectivity index (χ1n) is 8.63. The van der Waals surface area contributed by atoms with Crippen molar-refractivity contribution >= 4 is 25.4 Å². The van der Waals surface area contributed by atoms with Gasteiger partial charge in [0.25, 0.3) is 0 Å². The summed E-state index contributed by atoms with van der Waals surface area (Å²) in [5.74, 6) is -0.257. The molecule has 0 heterocycles. The Morgan fingerprint density at radius 2 is 1.64 bits per heavy atom. The molecule has 154 valence electrons. The summed E-state index contributed by atoms with van der Waals surface area (Å²) in [5.41, 5.74) is 1.28. The number of nitrogens with zero attached hydrogens (tertiary/aromatic N) is 1. The lowest BCUT2D eigenvalue weighted by atomic mass is 10.2. The van der Waals surface area contributed by atoms with Crippen LogP contribution in [0.15, 0.2) is 47.4 Å². The molecule has 0 aliphatic heterocycles. The molecule has 0 spiro atoms. The van der Waals surface area contributed by atoms with Crippen molar-refractivity contribution in [3.8, 4) is 5.75 Å². The van der Waals surface area contributed by atoms with Gasteiger partial charge in [0.1, 0.15) is 26.3 Å². The number of halogens is 1. The molecular formula is C19H24FNO5S2. The fourth-order valence-electron chi connectivity index (χ4n) is 2.64. The van der Waals surface area contributed by atoms with Crippen LogP contribution < -0.4 is 9.64 Å². The molecule has 0 amide bonds. The maximum absolute atomic E-state index is 14.3. The van der Waals surface area contributed by atoms with Gasteiger partial charge in [-0.05, 0) is 42.8 Å². The van der Waals surface area contributed by atoms with Gasteiger partial charge in [-0.25, -0.2) is 21.2 Å². The number of hydrogen-bond acceptors (Lipinski definition) is 6. The molecular weight excluding hydrogens is 405 g/mol. The van der Waals surface area contributed by atoms with E-state index in [9.17, 15) is 21.2 Å². The van der Waals surface area contributed by atoms with Crippen LogP contribution in [-0.2, 0) is 26.2 Å². The van der Waals surface area contributed by atoms with Gasteiger partial charge < -0.3 is 9.64 Å². The maximum Gasteiger partial charge on any atom is 0.178 e. The van der Waals surface area contributed by atoms with Crippen molar-refractivity contribution in [3.05, 3.63) is 53.8 Å². The predicted octanol–water partition coefficient (Wildman–Crippen LogP) is 2.68. The van der Waals surface area contributed by atoms with Crippen LogP contribution >= 0.6 is 0 Å². The molecule has 0 atom stereocenters. The first kappa shape index (κ1) is 22.2. The zero-order valence-electron chi connectivity index (χ0n) is 16.1. The van der Waals surface area contributed by atoms with Gasteiger partial charge in [-0.15, -0.1) is 0 Å². The fourth-order valence-corrected chi connectivity index (χ4v) is 3.92. The molecule has 2 aromatic rings. The molecule has 0 N–H and O–H groups in total. The van der Waals surface area contributed by atoms with Crippen LogP contribution in [0.2, 0.25) is 0 Å². The van der Waals surface area contributed by atoms with Gasteiger partial charge in [0, 0.05) is 31.3 Å². The largest absolute Gasteiger partial charge is 0.494 e. The molecule has 2 rings (SSSR count). The van der Waals surface area contributed by atoms with Crippen LogP contribution in [0.4, 0.5) is 10.1 Å². The first-order chi connectivity index (χ1) is 13.0. The number of benzene rings is 2. The molecule has 28 heavy (non-hydrogen) atoms. The third kappa shape index (κ3) is 6.49. The van der Waals surface area contributed by atoms with E-state index in [1.807, 2.05) is 19.1 Å². The molecule has 0 radical (unpaired) electrons. The van der Waals surface area contributed by atoms with Crippen molar-refractivity contribution in [1.82, 2.24) is 0 Å². The summed E-state index contributed by atoms with van der Waals surface area (Å²) in [6.07, 6.45) is 2.07. The van der Waals surface area contributed by atoms with Crippen LogP contribution in [0.5, 0.6) is 5.75 Å². The zero-order valence-corrected chi connectivity index (χ0v) is 17.7. The van der Waals surface area contributed by atoms with Gasteiger partial charge >= 0.3 is 0 Å². The standard InChI is InChI=1S/C19H24FNO5S2/c1-4-26-17-8-5-15(6-9-17)14-21(11-12-27(2,22)23)16-7-10-19(18(20)13-16)28(3,24)25/h5-10,13H,4,11-12,14H2,1-3H3. The van der Waals surface area contributed by atoms with Gasteiger partial charge in [0.05, 0.1) is 12.4 Å². The summed E-state index contributed by atoms with van der Waals surface area (Å²) in [6, 6.07) is 11.1. The molecule has 2 aromatic carbocycles. The van der Waals surface area contributed by atoms with E-state index < -0.39 is 25.5 Å². The second-order valence-corrected chi connectivity index (χ2v) is 10.8. The van der Waals surface area contributed by atoms with E-state index in [2.05, 4.69) is 0 Å². The van der Waals surface area contributed by atoms with Crippen molar-refractivity contribution in [2.45, 2.75) is 18.4 Å². The molecule has 6 nitrogen and oxygen atoms in total. The normalized spacial score (nSPS) is 12.0. The molecule has 0 fully saturated rings. The Bertz CT molecular complexity index is 1020. The Hall–Kier alpha value is -2.13.